The van der Waals surface area contributed by atoms with Crippen LogP contribution in [0.5, 0.6) is 0 Å². The monoisotopic (exact) mass is 346 g/mol. The van der Waals surface area contributed by atoms with Crippen molar-refractivity contribution >= 4 is 16.6 Å². The fourth-order valence-electron chi connectivity index (χ4n) is 3.15. The zero-order valence-corrected chi connectivity index (χ0v) is 15.7. The molecule has 0 nitrogen and oxygen atoms in total. The second-order valence-corrected chi connectivity index (χ2v) is 7.00. The second-order valence-electron chi connectivity index (χ2n) is 6.62. The van der Waals surface area contributed by atoms with Gasteiger partial charge in [0.2, 0.25) is 0 Å². The average molecular weight is 347 g/mol. The van der Waals surface area contributed by atoms with Gasteiger partial charge in [-0.1, -0.05) is 102 Å². The van der Waals surface area contributed by atoms with Gasteiger partial charge < -0.3 is 0 Å². The van der Waals surface area contributed by atoms with Gasteiger partial charge in [0, 0.05) is 11.0 Å². The lowest BCUT2D eigenvalue weighted by Gasteiger charge is -2.21. The van der Waals surface area contributed by atoms with Gasteiger partial charge in [-0.15, -0.1) is 0 Å². The molecule has 0 aliphatic carbocycles. The van der Waals surface area contributed by atoms with Crippen molar-refractivity contribution in [1.29, 1.82) is 0 Å². The molecule has 25 heavy (non-hydrogen) atoms. The fraction of sp³-hybridized carbons (Fsp3) is 0.167. The molecular weight excluding hydrogens is 324 g/mol. The molecule has 3 aromatic carbocycles. The topological polar surface area (TPSA) is 0 Å². The highest BCUT2D eigenvalue weighted by molar-refractivity contribution is 6.49. The molecule has 0 aliphatic rings. The lowest BCUT2D eigenvalue weighted by atomic mass is 9.84. The Labute approximate surface area is 155 Å². The lowest BCUT2D eigenvalue weighted by Crippen LogP contribution is -2.04. The van der Waals surface area contributed by atoms with Crippen molar-refractivity contribution in [1.82, 2.24) is 0 Å². The number of benzene rings is 3. The van der Waals surface area contributed by atoms with Crippen LogP contribution in [0.3, 0.4) is 0 Å². The van der Waals surface area contributed by atoms with Crippen LogP contribution in [-0.2, 0) is 0 Å². The molecule has 0 aliphatic heterocycles. The highest BCUT2D eigenvalue weighted by Crippen LogP contribution is 2.37. The van der Waals surface area contributed by atoms with Gasteiger partial charge >= 0.3 is 0 Å². The average Bonchev–Trinajstić information content (AvgIpc) is 2.65. The van der Waals surface area contributed by atoms with Crippen molar-refractivity contribution in [3.8, 4) is 0 Å². The van der Waals surface area contributed by atoms with Gasteiger partial charge in [-0.2, -0.15) is 0 Å². The van der Waals surface area contributed by atoms with E-state index in [4.69, 9.17) is 11.6 Å². The van der Waals surface area contributed by atoms with E-state index in [-0.39, 0.29) is 5.92 Å². The van der Waals surface area contributed by atoms with Gasteiger partial charge in [0.25, 0.3) is 0 Å². The van der Waals surface area contributed by atoms with E-state index >= 15 is 0 Å². The summed E-state index contributed by atoms with van der Waals surface area (Å²) in [7, 11) is 0. The molecule has 0 saturated heterocycles. The third kappa shape index (κ3) is 4.03. The largest absolute Gasteiger partial charge is 0.0837 e. The van der Waals surface area contributed by atoms with Crippen molar-refractivity contribution in [2.45, 2.75) is 26.7 Å². The molecule has 0 saturated carbocycles. The maximum atomic E-state index is 6.79. The first-order valence-electron chi connectivity index (χ1n) is 8.61. The highest BCUT2D eigenvalue weighted by Gasteiger charge is 2.19. The summed E-state index contributed by atoms with van der Waals surface area (Å²) in [6, 6.07) is 27.7. The maximum absolute atomic E-state index is 6.79. The Morgan fingerprint density at radius 1 is 0.680 bits per heavy atom. The van der Waals surface area contributed by atoms with Crippen LogP contribution in [0.1, 0.15) is 40.7 Å². The predicted octanol–water partition coefficient (Wildman–Crippen LogP) is 7.11. The van der Waals surface area contributed by atoms with Gasteiger partial charge in [-0.05, 0) is 43.0 Å². The Hall–Kier alpha value is -2.31. The van der Waals surface area contributed by atoms with Crippen molar-refractivity contribution in [3.05, 3.63) is 112 Å². The third-order valence-electron chi connectivity index (χ3n) is 4.63. The first kappa shape index (κ1) is 17.5. The summed E-state index contributed by atoms with van der Waals surface area (Å²) in [6.07, 6.45) is 0. The molecule has 0 heterocycles. The lowest BCUT2D eigenvalue weighted by molar-refractivity contribution is 0.950. The zero-order chi connectivity index (χ0) is 17.8. The Bertz CT molecular complexity index is 811. The summed E-state index contributed by atoms with van der Waals surface area (Å²) in [4.78, 5) is 0. The van der Waals surface area contributed by atoms with E-state index in [1.165, 1.54) is 27.8 Å². The van der Waals surface area contributed by atoms with E-state index in [9.17, 15) is 0 Å². The summed E-state index contributed by atoms with van der Waals surface area (Å²) in [5, 5.41) is 0.826. The maximum Gasteiger partial charge on any atom is 0.0477 e. The molecule has 3 aromatic rings. The SMILES string of the molecule is CC(=C(Cl)c1ccccc1)C(c1ccc(C)cc1)c1ccc(C)cc1. The number of hydrogen-bond donors (Lipinski definition) is 0. The van der Waals surface area contributed by atoms with Gasteiger partial charge in [-0.25, -0.2) is 0 Å². The van der Waals surface area contributed by atoms with E-state index in [2.05, 4.69) is 81.4 Å². The molecule has 0 bridgehead atoms. The van der Waals surface area contributed by atoms with Crippen LogP contribution in [-0.4, -0.2) is 0 Å². The number of halogens is 1. The normalized spacial score (nSPS) is 12.2. The summed E-state index contributed by atoms with van der Waals surface area (Å²) < 4.78 is 0. The summed E-state index contributed by atoms with van der Waals surface area (Å²) in [6.45, 7) is 6.37. The first-order valence-corrected chi connectivity index (χ1v) is 8.99. The first-order chi connectivity index (χ1) is 12.1. The minimum absolute atomic E-state index is 0.147. The summed E-state index contributed by atoms with van der Waals surface area (Å²) in [5.41, 5.74) is 7.29. The van der Waals surface area contributed by atoms with Crippen LogP contribution >= 0.6 is 11.6 Å². The predicted molar refractivity (Wildman–Crippen MR) is 109 cm³/mol. The number of hydrogen-bond acceptors (Lipinski definition) is 0. The molecule has 0 radical (unpaired) electrons. The molecule has 0 unspecified atom stereocenters. The van der Waals surface area contributed by atoms with Crippen molar-refractivity contribution in [2.75, 3.05) is 0 Å². The second kappa shape index (κ2) is 7.72. The fourth-order valence-corrected chi connectivity index (χ4v) is 3.38. The molecule has 126 valence electrons. The van der Waals surface area contributed by atoms with Gasteiger partial charge in [-0.3, -0.25) is 0 Å². The molecule has 0 aromatic heterocycles. The van der Waals surface area contributed by atoms with Crippen molar-refractivity contribution in [3.63, 3.8) is 0 Å². The Kier molecular flexibility index (Phi) is 5.40. The van der Waals surface area contributed by atoms with E-state index in [1.807, 2.05) is 18.2 Å². The van der Waals surface area contributed by atoms with E-state index in [0.29, 0.717) is 0 Å². The van der Waals surface area contributed by atoms with Crippen LogP contribution in [0.2, 0.25) is 0 Å². The van der Waals surface area contributed by atoms with Crippen LogP contribution in [0, 0.1) is 13.8 Å². The molecular formula is C24H23Cl. The van der Waals surface area contributed by atoms with E-state index < -0.39 is 0 Å². The number of aryl methyl sites for hydroxylation is 2. The van der Waals surface area contributed by atoms with Crippen LogP contribution < -0.4 is 0 Å². The molecule has 0 N–H and O–H groups in total. The molecule has 0 fully saturated rings. The molecule has 0 atom stereocenters. The van der Waals surface area contributed by atoms with Gasteiger partial charge in [0.1, 0.15) is 0 Å². The molecule has 3 rings (SSSR count). The van der Waals surface area contributed by atoms with Crippen LogP contribution in [0.15, 0.2) is 84.4 Å². The highest BCUT2D eigenvalue weighted by atomic mass is 35.5. The van der Waals surface area contributed by atoms with Crippen molar-refractivity contribution in [2.24, 2.45) is 0 Å². The van der Waals surface area contributed by atoms with E-state index in [0.717, 1.165) is 10.6 Å². The zero-order valence-electron chi connectivity index (χ0n) is 15.0. The Morgan fingerprint density at radius 3 is 1.56 bits per heavy atom. The standard InChI is InChI=1S/C24H23Cl/c1-17-9-13-20(14-10-17)23(21-15-11-18(2)12-16-21)19(3)24(25)22-7-5-4-6-8-22/h4-16,23H,1-3H3. The summed E-state index contributed by atoms with van der Waals surface area (Å²) >= 11 is 6.79. The van der Waals surface area contributed by atoms with E-state index in [1.54, 1.807) is 0 Å². The van der Waals surface area contributed by atoms with Crippen LogP contribution in [0.4, 0.5) is 0 Å². The number of rotatable bonds is 4. The quantitative estimate of drug-likeness (QED) is 0.472. The van der Waals surface area contributed by atoms with Gasteiger partial charge in [0.15, 0.2) is 0 Å². The summed E-state index contributed by atoms with van der Waals surface area (Å²) in [5.74, 6) is 0.147. The Morgan fingerprint density at radius 2 is 1.12 bits per heavy atom. The van der Waals surface area contributed by atoms with Crippen molar-refractivity contribution < 1.29 is 0 Å². The minimum atomic E-state index is 0.147. The Balaban J connectivity index is 2.13. The minimum Gasteiger partial charge on any atom is -0.0837 e. The van der Waals surface area contributed by atoms with Gasteiger partial charge in [0.05, 0.1) is 0 Å². The van der Waals surface area contributed by atoms with Crippen LogP contribution in [0.25, 0.3) is 5.03 Å². The molecule has 0 spiro atoms. The molecule has 0 amide bonds. The smallest absolute Gasteiger partial charge is 0.0477 e. The molecule has 1 heteroatoms. The third-order valence-corrected chi connectivity index (χ3v) is 5.14. The number of allylic oxidation sites excluding steroid dienone is 1.